The van der Waals surface area contributed by atoms with E-state index in [4.69, 9.17) is 5.11 Å². The Kier molecular flexibility index (Phi) is 4.41. The normalized spacial score (nSPS) is 9.62. The maximum atomic E-state index is 11.4. The molecule has 1 heterocycles. The van der Waals surface area contributed by atoms with E-state index in [9.17, 15) is 9.59 Å². The van der Waals surface area contributed by atoms with Crippen LogP contribution in [0.4, 0.5) is 0 Å². The molecule has 0 saturated carbocycles. The van der Waals surface area contributed by atoms with Crippen LogP contribution in [0.1, 0.15) is 21.0 Å². The summed E-state index contributed by atoms with van der Waals surface area (Å²) < 4.78 is 4.48. The third kappa shape index (κ3) is 3.03. The first-order chi connectivity index (χ1) is 7.69. The Morgan fingerprint density at radius 2 is 2.12 bits per heavy atom. The van der Waals surface area contributed by atoms with Crippen molar-refractivity contribution < 1.29 is 19.4 Å². The first-order valence-corrected chi connectivity index (χ1v) is 4.63. The molecule has 0 bridgehead atoms. The summed E-state index contributed by atoms with van der Waals surface area (Å²) in [7, 11) is 1.24. The van der Waals surface area contributed by atoms with E-state index in [0.717, 1.165) is 0 Å². The van der Waals surface area contributed by atoms with E-state index < -0.39 is 11.9 Å². The van der Waals surface area contributed by atoms with Gasteiger partial charge in [0.05, 0.1) is 13.7 Å². The van der Waals surface area contributed by atoms with Crippen LogP contribution in [0.25, 0.3) is 0 Å². The van der Waals surface area contributed by atoms with E-state index >= 15 is 0 Å². The van der Waals surface area contributed by atoms with Crippen molar-refractivity contribution in [3.63, 3.8) is 0 Å². The van der Waals surface area contributed by atoms with Crippen molar-refractivity contribution in [2.75, 3.05) is 20.3 Å². The maximum Gasteiger partial charge on any atom is 0.356 e. The molecular weight excluding hydrogens is 212 g/mol. The van der Waals surface area contributed by atoms with Gasteiger partial charge in [-0.1, -0.05) is 6.07 Å². The number of aliphatic hydroxyl groups excluding tert-OH is 1. The second-order valence-electron chi connectivity index (χ2n) is 2.88. The summed E-state index contributed by atoms with van der Waals surface area (Å²) in [6.07, 6.45) is 0. The average Bonchev–Trinajstić information content (AvgIpc) is 2.35. The van der Waals surface area contributed by atoms with Crippen molar-refractivity contribution in [2.45, 2.75) is 0 Å². The number of methoxy groups -OCH3 is 1. The monoisotopic (exact) mass is 224 g/mol. The molecule has 1 aromatic heterocycles. The summed E-state index contributed by atoms with van der Waals surface area (Å²) in [4.78, 5) is 26.4. The van der Waals surface area contributed by atoms with Crippen LogP contribution in [0.5, 0.6) is 0 Å². The van der Waals surface area contributed by atoms with Crippen LogP contribution in [0.15, 0.2) is 18.2 Å². The number of hydrogen-bond acceptors (Lipinski definition) is 5. The molecule has 0 unspecified atom stereocenters. The number of amides is 1. The molecule has 6 heteroatoms. The van der Waals surface area contributed by atoms with Crippen LogP contribution in [0.3, 0.4) is 0 Å². The third-order valence-corrected chi connectivity index (χ3v) is 1.77. The summed E-state index contributed by atoms with van der Waals surface area (Å²) >= 11 is 0. The van der Waals surface area contributed by atoms with Crippen molar-refractivity contribution in [3.8, 4) is 0 Å². The fraction of sp³-hybridized carbons (Fsp3) is 0.300. The van der Waals surface area contributed by atoms with Gasteiger partial charge in [0.1, 0.15) is 11.4 Å². The molecule has 86 valence electrons. The van der Waals surface area contributed by atoms with Gasteiger partial charge in [-0.25, -0.2) is 9.78 Å². The zero-order chi connectivity index (χ0) is 12.0. The Balaban J connectivity index is 2.81. The molecule has 0 aromatic carbocycles. The number of rotatable bonds is 4. The zero-order valence-electron chi connectivity index (χ0n) is 8.77. The van der Waals surface area contributed by atoms with Gasteiger partial charge in [0.15, 0.2) is 0 Å². The number of esters is 1. The number of nitrogens with zero attached hydrogens (tertiary/aromatic N) is 1. The van der Waals surface area contributed by atoms with E-state index in [1.807, 2.05) is 0 Å². The summed E-state index contributed by atoms with van der Waals surface area (Å²) in [6, 6.07) is 4.46. The van der Waals surface area contributed by atoms with Gasteiger partial charge in [0, 0.05) is 6.54 Å². The molecule has 16 heavy (non-hydrogen) atoms. The highest BCUT2D eigenvalue weighted by Gasteiger charge is 2.11. The minimum atomic E-state index is -0.600. The quantitative estimate of drug-likeness (QED) is 0.679. The van der Waals surface area contributed by atoms with Crippen LogP contribution < -0.4 is 5.32 Å². The van der Waals surface area contributed by atoms with Crippen molar-refractivity contribution in [2.24, 2.45) is 0 Å². The number of pyridine rings is 1. The highest BCUT2D eigenvalue weighted by Crippen LogP contribution is 2.01. The van der Waals surface area contributed by atoms with E-state index in [0.29, 0.717) is 0 Å². The molecular formula is C10H12N2O4. The number of carbonyl (C=O) groups excluding carboxylic acids is 2. The first-order valence-electron chi connectivity index (χ1n) is 4.63. The minimum absolute atomic E-state index is 0.0687. The van der Waals surface area contributed by atoms with Crippen LogP contribution in [0, 0.1) is 0 Å². The lowest BCUT2D eigenvalue weighted by atomic mass is 10.3. The number of carbonyl (C=O) groups is 2. The Labute approximate surface area is 92.3 Å². The van der Waals surface area contributed by atoms with E-state index in [-0.39, 0.29) is 24.5 Å². The Morgan fingerprint density at radius 1 is 1.44 bits per heavy atom. The summed E-state index contributed by atoms with van der Waals surface area (Å²) in [5, 5.41) is 11.0. The van der Waals surface area contributed by atoms with E-state index in [1.165, 1.54) is 25.3 Å². The Morgan fingerprint density at radius 3 is 2.75 bits per heavy atom. The molecule has 0 aliphatic rings. The molecule has 0 aliphatic heterocycles. The van der Waals surface area contributed by atoms with Gasteiger partial charge in [0.25, 0.3) is 5.91 Å². The summed E-state index contributed by atoms with van der Waals surface area (Å²) in [6.45, 7) is -0.00853. The predicted octanol–water partition coefficient (Wildman–Crippen LogP) is -0.410. The van der Waals surface area contributed by atoms with E-state index in [2.05, 4.69) is 15.0 Å². The SMILES string of the molecule is COC(=O)c1cccc(C(=O)NCCO)n1. The predicted molar refractivity (Wildman–Crippen MR) is 55.0 cm³/mol. The summed E-state index contributed by atoms with van der Waals surface area (Å²) in [5.41, 5.74) is 0.176. The van der Waals surface area contributed by atoms with Gasteiger partial charge in [-0.2, -0.15) is 0 Å². The standard InChI is InChI=1S/C10H12N2O4/c1-16-10(15)8-4-2-3-7(12-8)9(14)11-5-6-13/h2-4,13H,5-6H2,1H3,(H,11,14). The number of aromatic nitrogens is 1. The van der Waals surface area contributed by atoms with Gasteiger partial charge < -0.3 is 15.2 Å². The second-order valence-corrected chi connectivity index (χ2v) is 2.88. The number of hydrogen-bond donors (Lipinski definition) is 2. The molecule has 0 atom stereocenters. The lowest BCUT2D eigenvalue weighted by molar-refractivity contribution is 0.0594. The molecule has 2 N–H and O–H groups in total. The molecule has 0 aliphatic carbocycles. The lowest BCUT2D eigenvalue weighted by Gasteiger charge is -2.03. The Hall–Kier alpha value is -1.95. The summed E-state index contributed by atoms with van der Waals surface area (Å²) in [5.74, 6) is -1.04. The molecule has 0 saturated heterocycles. The van der Waals surface area contributed by atoms with Gasteiger partial charge >= 0.3 is 5.97 Å². The first kappa shape index (κ1) is 12.1. The van der Waals surface area contributed by atoms with Crippen molar-refractivity contribution in [1.29, 1.82) is 0 Å². The molecule has 1 aromatic rings. The molecule has 0 radical (unpaired) electrons. The molecule has 6 nitrogen and oxygen atoms in total. The third-order valence-electron chi connectivity index (χ3n) is 1.77. The fourth-order valence-electron chi connectivity index (χ4n) is 1.04. The number of nitrogens with one attached hydrogen (secondary N) is 1. The van der Waals surface area contributed by atoms with Crippen LogP contribution >= 0.6 is 0 Å². The number of aliphatic hydroxyl groups is 1. The van der Waals surface area contributed by atoms with E-state index in [1.54, 1.807) is 0 Å². The van der Waals surface area contributed by atoms with Crippen LogP contribution in [-0.2, 0) is 4.74 Å². The van der Waals surface area contributed by atoms with Crippen LogP contribution in [0.2, 0.25) is 0 Å². The van der Waals surface area contributed by atoms with Gasteiger partial charge in [0.2, 0.25) is 0 Å². The largest absolute Gasteiger partial charge is 0.464 e. The lowest BCUT2D eigenvalue weighted by Crippen LogP contribution is -2.27. The van der Waals surface area contributed by atoms with Gasteiger partial charge in [-0.15, -0.1) is 0 Å². The maximum absolute atomic E-state index is 11.4. The molecule has 0 fully saturated rings. The van der Waals surface area contributed by atoms with Crippen molar-refractivity contribution >= 4 is 11.9 Å². The fourth-order valence-corrected chi connectivity index (χ4v) is 1.04. The van der Waals surface area contributed by atoms with Gasteiger partial charge in [-0.3, -0.25) is 4.79 Å². The highest BCUT2D eigenvalue weighted by atomic mass is 16.5. The Bertz CT molecular complexity index is 392. The van der Waals surface area contributed by atoms with Gasteiger partial charge in [-0.05, 0) is 12.1 Å². The smallest absolute Gasteiger partial charge is 0.356 e. The zero-order valence-corrected chi connectivity index (χ0v) is 8.77. The van der Waals surface area contributed by atoms with Crippen molar-refractivity contribution in [1.82, 2.24) is 10.3 Å². The highest BCUT2D eigenvalue weighted by molar-refractivity contribution is 5.94. The topological polar surface area (TPSA) is 88.5 Å². The second kappa shape index (κ2) is 5.82. The average molecular weight is 224 g/mol. The molecule has 0 spiro atoms. The molecule has 1 amide bonds. The van der Waals surface area contributed by atoms with Crippen LogP contribution in [-0.4, -0.2) is 42.2 Å². The minimum Gasteiger partial charge on any atom is -0.464 e. The molecule has 1 rings (SSSR count). The van der Waals surface area contributed by atoms with Crippen molar-refractivity contribution in [3.05, 3.63) is 29.6 Å². The number of ether oxygens (including phenoxy) is 1.